The molecule has 27 heavy (non-hydrogen) atoms. The van der Waals surface area contributed by atoms with Crippen molar-refractivity contribution in [1.29, 1.82) is 0 Å². The molecule has 0 aliphatic rings. The zero-order valence-corrected chi connectivity index (χ0v) is 16.1. The van der Waals surface area contributed by atoms with E-state index < -0.39 is 15.9 Å². The van der Waals surface area contributed by atoms with E-state index in [0.717, 1.165) is 0 Å². The molecule has 0 aromatic heterocycles. The summed E-state index contributed by atoms with van der Waals surface area (Å²) in [7, 11) is -3.69. The first-order valence-corrected chi connectivity index (χ1v) is 10.0. The highest BCUT2D eigenvalue weighted by Crippen LogP contribution is 2.30. The molecule has 0 aliphatic carbocycles. The first kappa shape index (κ1) is 19.2. The molecule has 1 amide bonds. The Morgan fingerprint density at radius 2 is 1.48 bits per heavy atom. The summed E-state index contributed by atoms with van der Waals surface area (Å²) in [6, 6.07) is 19.0. The van der Waals surface area contributed by atoms with Crippen LogP contribution in [0.1, 0.15) is 10.4 Å². The Bertz CT molecular complexity index is 1070. The first-order chi connectivity index (χ1) is 12.9. The summed E-state index contributed by atoms with van der Waals surface area (Å²) in [5, 5.41) is 3.25. The molecule has 2 N–H and O–H groups in total. The van der Waals surface area contributed by atoms with Gasteiger partial charge in [-0.2, -0.15) is 0 Å². The predicted octanol–water partition coefficient (Wildman–Crippen LogP) is 5.05. The van der Waals surface area contributed by atoms with Gasteiger partial charge < -0.3 is 5.32 Å². The van der Waals surface area contributed by atoms with Crippen molar-refractivity contribution in [2.45, 2.75) is 4.90 Å². The van der Waals surface area contributed by atoms with Crippen LogP contribution >= 0.6 is 23.2 Å². The normalized spacial score (nSPS) is 11.0. The van der Waals surface area contributed by atoms with E-state index in [0.29, 0.717) is 22.0 Å². The lowest BCUT2D eigenvalue weighted by atomic mass is 10.2. The number of carbonyl (C=O) groups excluding carboxylic acids is 1. The lowest BCUT2D eigenvalue weighted by Gasteiger charge is -2.10. The molecule has 3 aromatic carbocycles. The summed E-state index contributed by atoms with van der Waals surface area (Å²) in [5.41, 5.74) is 1.08. The molecule has 0 heterocycles. The van der Waals surface area contributed by atoms with Gasteiger partial charge in [0.25, 0.3) is 15.9 Å². The van der Waals surface area contributed by atoms with Crippen molar-refractivity contribution >= 4 is 50.5 Å². The van der Waals surface area contributed by atoms with Crippen LogP contribution in [0.5, 0.6) is 0 Å². The molecule has 8 heteroatoms. The van der Waals surface area contributed by atoms with Gasteiger partial charge in [-0.1, -0.05) is 47.5 Å². The van der Waals surface area contributed by atoms with Crippen molar-refractivity contribution < 1.29 is 13.2 Å². The molecule has 3 aromatic rings. The molecule has 0 bridgehead atoms. The maximum Gasteiger partial charge on any atom is 0.261 e. The van der Waals surface area contributed by atoms with Gasteiger partial charge in [0.15, 0.2) is 0 Å². The van der Waals surface area contributed by atoms with Crippen LogP contribution in [-0.2, 0) is 10.0 Å². The van der Waals surface area contributed by atoms with Crippen molar-refractivity contribution in [2.75, 3.05) is 10.0 Å². The zero-order valence-electron chi connectivity index (χ0n) is 13.8. The molecule has 0 spiro atoms. The molecule has 138 valence electrons. The highest BCUT2D eigenvalue weighted by Gasteiger charge is 2.14. The Labute approximate surface area is 167 Å². The first-order valence-electron chi connectivity index (χ1n) is 7.80. The number of benzene rings is 3. The van der Waals surface area contributed by atoms with Gasteiger partial charge in [0.05, 0.1) is 20.6 Å². The second-order valence-electron chi connectivity index (χ2n) is 5.55. The van der Waals surface area contributed by atoms with Crippen LogP contribution in [0.2, 0.25) is 10.0 Å². The summed E-state index contributed by atoms with van der Waals surface area (Å²) in [4.78, 5) is 12.5. The van der Waals surface area contributed by atoms with Gasteiger partial charge >= 0.3 is 0 Å². The molecule has 5 nitrogen and oxygen atoms in total. The summed E-state index contributed by atoms with van der Waals surface area (Å²) < 4.78 is 27.1. The third kappa shape index (κ3) is 4.60. The standard InChI is InChI=1S/C19H14Cl2N2O3S/c20-16-7-4-8-17(18(16)21)22-19(24)13-9-11-14(12-10-13)23-27(25,26)15-5-2-1-3-6-15/h1-12,23H,(H,22,24). The van der Waals surface area contributed by atoms with Gasteiger partial charge in [-0.25, -0.2) is 8.42 Å². The Morgan fingerprint density at radius 1 is 0.815 bits per heavy atom. The van der Waals surface area contributed by atoms with Gasteiger partial charge in [-0.05, 0) is 48.5 Å². The van der Waals surface area contributed by atoms with Crippen molar-refractivity contribution in [2.24, 2.45) is 0 Å². The number of anilines is 2. The molecule has 3 rings (SSSR count). The third-order valence-corrected chi connectivity index (χ3v) is 5.87. The predicted molar refractivity (Wildman–Crippen MR) is 108 cm³/mol. The maximum atomic E-state index is 12.3. The molecule has 0 unspecified atom stereocenters. The van der Waals surface area contributed by atoms with Crippen LogP contribution in [0, 0.1) is 0 Å². The minimum Gasteiger partial charge on any atom is -0.321 e. The smallest absolute Gasteiger partial charge is 0.261 e. The van der Waals surface area contributed by atoms with Crippen LogP contribution < -0.4 is 10.0 Å². The number of amides is 1. The van der Waals surface area contributed by atoms with E-state index in [1.165, 1.54) is 36.4 Å². The molecule has 0 radical (unpaired) electrons. The van der Waals surface area contributed by atoms with Crippen molar-refractivity contribution in [3.8, 4) is 0 Å². The highest BCUT2D eigenvalue weighted by molar-refractivity contribution is 7.92. The number of hydrogen-bond donors (Lipinski definition) is 2. The summed E-state index contributed by atoms with van der Waals surface area (Å²) in [6.07, 6.45) is 0. The minimum absolute atomic E-state index is 0.155. The molecule has 0 aliphatic heterocycles. The van der Waals surface area contributed by atoms with Crippen LogP contribution in [0.4, 0.5) is 11.4 Å². The fourth-order valence-electron chi connectivity index (χ4n) is 2.30. The van der Waals surface area contributed by atoms with Crippen molar-refractivity contribution in [1.82, 2.24) is 0 Å². The SMILES string of the molecule is O=C(Nc1cccc(Cl)c1Cl)c1ccc(NS(=O)(=O)c2ccccc2)cc1. The summed E-state index contributed by atoms with van der Waals surface area (Å²) in [6.45, 7) is 0. The zero-order chi connectivity index (χ0) is 19.4. The fraction of sp³-hybridized carbons (Fsp3) is 0. The number of halogens is 2. The maximum absolute atomic E-state index is 12.3. The minimum atomic E-state index is -3.69. The molecule has 0 atom stereocenters. The average Bonchev–Trinajstić information content (AvgIpc) is 2.66. The lowest BCUT2D eigenvalue weighted by Crippen LogP contribution is -2.14. The largest absolute Gasteiger partial charge is 0.321 e. The Balaban J connectivity index is 1.73. The van der Waals surface area contributed by atoms with E-state index in [9.17, 15) is 13.2 Å². The van der Waals surface area contributed by atoms with E-state index in [1.807, 2.05) is 0 Å². The van der Waals surface area contributed by atoms with E-state index in [-0.39, 0.29) is 9.92 Å². The molecule has 0 saturated heterocycles. The van der Waals surface area contributed by atoms with Crippen LogP contribution in [0.3, 0.4) is 0 Å². The number of carbonyl (C=O) groups is 1. The number of hydrogen-bond acceptors (Lipinski definition) is 3. The summed E-state index contributed by atoms with van der Waals surface area (Å²) >= 11 is 12.0. The molecular weight excluding hydrogens is 407 g/mol. The molecule has 0 saturated carbocycles. The van der Waals surface area contributed by atoms with Crippen LogP contribution in [0.25, 0.3) is 0 Å². The average molecular weight is 421 g/mol. The van der Waals surface area contributed by atoms with E-state index in [1.54, 1.807) is 36.4 Å². The quantitative estimate of drug-likeness (QED) is 0.606. The van der Waals surface area contributed by atoms with E-state index >= 15 is 0 Å². The number of nitrogens with one attached hydrogen (secondary N) is 2. The number of rotatable bonds is 5. The van der Waals surface area contributed by atoms with Crippen LogP contribution in [-0.4, -0.2) is 14.3 Å². The molecular formula is C19H14Cl2N2O3S. The Morgan fingerprint density at radius 3 is 2.15 bits per heavy atom. The fourth-order valence-corrected chi connectivity index (χ4v) is 3.73. The van der Waals surface area contributed by atoms with E-state index in [2.05, 4.69) is 10.0 Å². The van der Waals surface area contributed by atoms with Gasteiger partial charge in [0.1, 0.15) is 0 Å². The second-order valence-corrected chi connectivity index (χ2v) is 8.02. The Kier molecular flexibility index (Phi) is 5.70. The topological polar surface area (TPSA) is 75.3 Å². The van der Waals surface area contributed by atoms with Gasteiger partial charge in [-0.3, -0.25) is 9.52 Å². The molecule has 0 fully saturated rings. The van der Waals surface area contributed by atoms with Gasteiger partial charge in [-0.15, -0.1) is 0 Å². The lowest BCUT2D eigenvalue weighted by molar-refractivity contribution is 0.102. The number of sulfonamides is 1. The van der Waals surface area contributed by atoms with Crippen LogP contribution in [0.15, 0.2) is 77.7 Å². The van der Waals surface area contributed by atoms with Crippen molar-refractivity contribution in [3.63, 3.8) is 0 Å². The highest BCUT2D eigenvalue weighted by atomic mass is 35.5. The van der Waals surface area contributed by atoms with Gasteiger partial charge in [0.2, 0.25) is 0 Å². The van der Waals surface area contributed by atoms with Gasteiger partial charge in [0, 0.05) is 11.3 Å². The third-order valence-electron chi connectivity index (χ3n) is 3.65. The van der Waals surface area contributed by atoms with E-state index in [4.69, 9.17) is 23.2 Å². The second kappa shape index (κ2) is 8.00. The Hall–Kier alpha value is -2.54. The van der Waals surface area contributed by atoms with Crippen molar-refractivity contribution in [3.05, 3.63) is 88.4 Å². The monoisotopic (exact) mass is 420 g/mol. The summed E-state index contributed by atoms with van der Waals surface area (Å²) in [5.74, 6) is -0.392.